The van der Waals surface area contributed by atoms with Crippen molar-refractivity contribution in [2.24, 2.45) is 0 Å². The van der Waals surface area contributed by atoms with Gasteiger partial charge in [-0.1, -0.05) is 12.1 Å². The van der Waals surface area contributed by atoms with Gasteiger partial charge in [-0.2, -0.15) is 0 Å². The first kappa shape index (κ1) is 12.1. The van der Waals surface area contributed by atoms with Gasteiger partial charge in [-0.3, -0.25) is 9.97 Å². The number of aromatic nitrogens is 2. The van der Waals surface area contributed by atoms with Gasteiger partial charge in [-0.15, -0.1) is 0 Å². The van der Waals surface area contributed by atoms with Crippen LogP contribution >= 0.6 is 15.9 Å². The van der Waals surface area contributed by atoms with Crippen LogP contribution in [0.1, 0.15) is 17.4 Å². The zero-order valence-electron chi connectivity index (χ0n) is 8.85. The van der Waals surface area contributed by atoms with Crippen molar-refractivity contribution < 1.29 is 9.50 Å². The number of aliphatic hydroxyl groups excluding tert-OH is 1. The predicted molar refractivity (Wildman–Crippen MR) is 64.8 cm³/mol. The van der Waals surface area contributed by atoms with Gasteiger partial charge in [0.25, 0.3) is 0 Å². The monoisotopic (exact) mass is 296 g/mol. The van der Waals surface area contributed by atoms with E-state index < -0.39 is 6.10 Å². The molecule has 1 aromatic carbocycles. The lowest BCUT2D eigenvalue weighted by Crippen LogP contribution is -2.05. The number of hydrogen-bond acceptors (Lipinski definition) is 3. The topological polar surface area (TPSA) is 46.0 Å². The van der Waals surface area contributed by atoms with Crippen molar-refractivity contribution in [1.82, 2.24) is 9.97 Å². The average Bonchev–Trinajstić information content (AvgIpc) is 2.36. The van der Waals surface area contributed by atoms with Crippen molar-refractivity contribution in [3.8, 4) is 0 Å². The molecule has 88 valence electrons. The zero-order valence-corrected chi connectivity index (χ0v) is 10.4. The SMILES string of the molecule is OC(Cc1cccc(F)c1Br)c1cnccn1. The normalized spacial score (nSPS) is 12.4. The summed E-state index contributed by atoms with van der Waals surface area (Å²) < 4.78 is 13.7. The Morgan fingerprint density at radius 2 is 2.18 bits per heavy atom. The molecule has 1 aromatic heterocycles. The Labute approximate surface area is 106 Å². The van der Waals surface area contributed by atoms with E-state index in [1.54, 1.807) is 12.1 Å². The van der Waals surface area contributed by atoms with Gasteiger partial charge in [0.1, 0.15) is 11.9 Å². The Morgan fingerprint density at radius 1 is 1.35 bits per heavy atom. The van der Waals surface area contributed by atoms with E-state index in [2.05, 4.69) is 25.9 Å². The number of rotatable bonds is 3. The molecule has 3 nitrogen and oxygen atoms in total. The molecule has 2 rings (SSSR count). The summed E-state index contributed by atoms with van der Waals surface area (Å²) in [7, 11) is 0. The quantitative estimate of drug-likeness (QED) is 0.947. The predicted octanol–water partition coefficient (Wildman–Crippen LogP) is 2.65. The second kappa shape index (κ2) is 5.33. The maximum Gasteiger partial charge on any atom is 0.137 e. The standard InChI is InChI=1S/C12H10BrFN2O/c13-12-8(2-1-3-9(12)14)6-11(17)10-7-15-4-5-16-10/h1-5,7,11,17H,6H2. The lowest BCUT2D eigenvalue weighted by Gasteiger charge is -2.11. The fraction of sp³-hybridized carbons (Fsp3) is 0.167. The molecule has 1 N–H and O–H groups in total. The first-order chi connectivity index (χ1) is 8.18. The molecule has 0 aliphatic carbocycles. The zero-order chi connectivity index (χ0) is 12.3. The molecule has 0 spiro atoms. The summed E-state index contributed by atoms with van der Waals surface area (Å²) in [6, 6.07) is 4.73. The van der Waals surface area contributed by atoms with E-state index in [-0.39, 0.29) is 12.2 Å². The number of hydrogen-bond donors (Lipinski definition) is 1. The van der Waals surface area contributed by atoms with E-state index in [1.807, 2.05) is 0 Å². The van der Waals surface area contributed by atoms with Crippen LogP contribution in [0.15, 0.2) is 41.3 Å². The van der Waals surface area contributed by atoms with Crippen LogP contribution < -0.4 is 0 Å². The highest BCUT2D eigenvalue weighted by Crippen LogP contribution is 2.24. The van der Waals surface area contributed by atoms with Gasteiger partial charge in [0.2, 0.25) is 0 Å². The molecule has 0 saturated heterocycles. The highest BCUT2D eigenvalue weighted by molar-refractivity contribution is 9.10. The molecule has 0 saturated carbocycles. The van der Waals surface area contributed by atoms with Gasteiger partial charge in [0.15, 0.2) is 0 Å². The van der Waals surface area contributed by atoms with E-state index in [0.717, 1.165) is 0 Å². The van der Waals surface area contributed by atoms with Crippen molar-refractivity contribution in [2.75, 3.05) is 0 Å². The van der Waals surface area contributed by atoms with Crippen LogP contribution in [0.25, 0.3) is 0 Å². The van der Waals surface area contributed by atoms with Gasteiger partial charge in [0, 0.05) is 18.8 Å². The third kappa shape index (κ3) is 2.87. The largest absolute Gasteiger partial charge is 0.386 e. The molecular weight excluding hydrogens is 287 g/mol. The fourth-order valence-corrected chi connectivity index (χ4v) is 1.93. The second-order valence-corrected chi connectivity index (χ2v) is 4.36. The molecule has 1 heterocycles. The summed E-state index contributed by atoms with van der Waals surface area (Å²) in [5, 5.41) is 9.94. The van der Waals surface area contributed by atoms with Crippen molar-refractivity contribution in [3.63, 3.8) is 0 Å². The highest BCUT2D eigenvalue weighted by Gasteiger charge is 2.13. The number of nitrogens with zero attached hydrogens (tertiary/aromatic N) is 2. The first-order valence-corrected chi connectivity index (χ1v) is 5.84. The molecule has 1 atom stereocenters. The van der Waals surface area contributed by atoms with E-state index >= 15 is 0 Å². The third-order valence-corrected chi connectivity index (χ3v) is 3.26. The summed E-state index contributed by atoms with van der Waals surface area (Å²) in [5.74, 6) is -0.339. The lowest BCUT2D eigenvalue weighted by atomic mass is 10.1. The van der Waals surface area contributed by atoms with E-state index in [1.165, 1.54) is 24.7 Å². The smallest absolute Gasteiger partial charge is 0.137 e. The molecule has 2 aromatic rings. The van der Waals surface area contributed by atoms with E-state index in [9.17, 15) is 9.50 Å². The van der Waals surface area contributed by atoms with Crippen molar-refractivity contribution in [3.05, 3.63) is 58.3 Å². The molecular formula is C12H10BrFN2O. The molecule has 0 aliphatic rings. The minimum absolute atomic E-state index is 0.289. The Kier molecular flexibility index (Phi) is 3.81. The molecule has 0 aliphatic heterocycles. The first-order valence-electron chi connectivity index (χ1n) is 5.05. The van der Waals surface area contributed by atoms with Crippen molar-refractivity contribution in [2.45, 2.75) is 12.5 Å². The van der Waals surface area contributed by atoms with E-state index in [4.69, 9.17) is 0 Å². The number of aliphatic hydroxyl groups is 1. The summed E-state index contributed by atoms with van der Waals surface area (Å²) in [6.07, 6.45) is 4.05. The van der Waals surface area contributed by atoms with Crippen LogP contribution in [0.5, 0.6) is 0 Å². The van der Waals surface area contributed by atoms with Crippen LogP contribution in [-0.2, 0) is 6.42 Å². The summed E-state index contributed by atoms with van der Waals surface area (Å²) in [4.78, 5) is 7.88. The highest BCUT2D eigenvalue weighted by atomic mass is 79.9. The van der Waals surface area contributed by atoms with Gasteiger partial charge < -0.3 is 5.11 Å². The molecule has 5 heteroatoms. The molecule has 0 radical (unpaired) electrons. The van der Waals surface area contributed by atoms with Gasteiger partial charge in [-0.25, -0.2) is 4.39 Å². The van der Waals surface area contributed by atoms with Crippen molar-refractivity contribution >= 4 is 15.9 Å². The van der Waals surface area contributed by atoms with Crippen LogP contribution in [0.3, 0.4) is 0 Å². The van der Waals surface area contributed by atoms with Crippen LogP contribution in [0, 0.1) is 5.82 Å². The molecule has 0 fully saturated rings. The minimum atomic E-state index is -0.790. The number of halogens is 2. The van der Waals surface area contributed by atoms with Crippen molar-refractivity contribution in [1.29, 1.82) is 0 Å². The lowest BCUT2D eigenvalue weighted by molar-refractivity contribution is 0.173. The molecule has 1 unspecified atom stereocenters. The Balaban J connectivity index is 2.19. The molecule has 0 amide bonds. The number of benzene rings is 1. The fourth-order valence-electron chi connectivity index (χ4n) is 1.50. The van der Waals surface area contributed by atoms with Gasteiger partial charge in [0.05, 0.1) is 16.4 Å². The third-order valence-electron chi connectivity index (χ3n) is 2.37. The van der Waals surface area contributed by atoms with E-state index in [0.29, 0.717) is 15.7 Å². The molecule has 17 heavy (non-hydrogen) atoms. The van der Waals surface area contributed by atoms with Crippen LogP contribution in [0.2, 0.25) is 0 Å². The maximum atomic E-state index is 13.3. The minimum Gasteiger partial charge on any atom is -0.386 e. The molecule has 0 bridgehead atoms. The van der Waals surface area contributed by atoms with Crippen LogP contribution in [0.4, 0.5) is 4.39 Å². The summed E-state index contributed by atoms with van der Waals surface area (Å²) in [6.45, 7) is 0. The Bertz CT molecular complexity index is 507. The van der Waals surface area contributed by atoms with Gasteiger partial charge >= 0.3 is 0 Å². The van der Waals surface area contributed by atoms with Crippen LogP contribution in [-0.4, -0.2) is 15.1 Å². The summed E-state index contributed by atoms with van der Waals surface area (Å²) >= 11 is 3.16. The van der Waals surface area contributed by atoms with Gasteiger partial charge in [-0.05, 0) is 27.6 Å². The second-order valence-electron chi connectivity index (χ2n) is 3.56. The Hall–Kier alpha value is -1.33. The summed E-state index contributed by atoms with van der Waals surface area (Å²) in [5.41, 5.74) is 1.17. The maximum absolute atomic E-state index is 13.3. The average molecular weight is 297 g/mol. The Morgan fingerprint density at radius 3 is 2.88 bits per heavy atom.